The molecule has 3 aromatic carbocycles. The topological polar surface area (TPSA) is 64.6 Å². The van der Waals surface area contributed by atoms with Crippen LogP contribution in [-0.4, -0.2) is 54.8 Å². The SMILES string of the molecule is CC(C)C1CCC(O[Si](OCCOCc2ccccc2)(OCCOCc2ccccc2)OCCOCc2ccccc2)CC1. The summed E-state index contributed by atoms with van der Waals surface area (Å²) in [5.41, 5.74) is 3.36. The summed E-state index contributed by atoms with van der Waals surface area (Å²) in [4.78, 5) is 0. The van der Waals surface area contributed by atoms with Crippen molar-refractivity contribution in [2.45, 2.75) is 65.5 Å². The van der Waals surface area contributed by atoms with Crippen LogP contribution in [-0.2, 0) is 51.7 Å². The van der Waals surface area contributed by atoms with Gasteiger partial charge in [-0.15, -0.1) is 0 Å². The Morgan fingerprint density at radius 2 is 0.886 bits per heavy atom. The summed E-state index contributed by atoms with van der Waals surface area (Å²) >= 11 is 0. The molecule has 240 valence electrons. The Kier molecular flexibility index (Phi) is 15.6. The molecule has 0 radical (unpaired) electrons. The zero-order valence-electron chi connectivity index (χ0n) is 26.4. The average molecular weight is 623 g/mol. The molecule has 1 saturated carbocycles. The Labute approximate surface area is 265 Å². The number of rotatable bonds is 21. The zero-order valence-corrected chi connectivity index (χ0v) is 27.4. The Bertz CT molecular complexity index is 1000. The number of hydrogen-bond donors (Lipinski definition) is 0. The van der Waals surface area contributed by atoms with E-state index in [-0.39, 0.29) is 6.10 Å². The minimum Gasteiger partial charge on any atom is -0.374 e. The molecule has 0 unspecified atom stereocenters. The highest BCUT2D eigenvalue weighted by Crippen LogP contribution is 2.33. The minimum absolute atomic E-state index is 0.0254. The van der Waals surface area contributed by atoms with Crippen LogP contribution in [0.3, 0.4) is 0 Å². The molecule has 1 aliphatic rings. The molecule has 0 aromatic heterocycles. The molecule has 44 heavy (non-hydrogen) atoms. The van der Waals surface area contributed by atoms with Crippen LogP contribution in [0.2, 0.25) is 0 Å². The van der Waals surface area contributed by atoms with Gasteiger partial charge in [0.1, 0.15) is 0 Å². The van der Waals surface area contributed by atoms with E-state index in [9.17, 15) is 0 Å². The van der Waals surface area contributed by atoms with Crippen LogP contribution < -0.4 is 0 Å². The average Bonchev–Trinajstić information content (AvgIpc) is 3.06. The summed E-state index contributed by atoms with van der Waals surface area (Å²) in [5, 5.41) is 0. The maximum atomic E-state index is 6.71. The van der Waals surface area contributed by atoms with E-state index in [2.05, 4.69) is 13.8 Å². The molecule has 0 spiro atoms. The van der Waals surface area contributed by atoms with Gasteiger partial charge in [0, 0.05) is 0 Å². The lowest BCUT2D eigenvalue weighted by atomic mass is 9.81. The Balaban J connectivity index is 1.35. The fraction of sp³-hybridized carbons (Fsp3) is 0.500. The third kappa shape index (κ3) is 12.9. The summed E-state index contributed by atoms with van der Waals surface area (Å²) in [6, 6.07) is 30.4. The summed E-state index contributed by atoms with van der Waals surface area (Å²) in [6.45, 7) is 8.26. The van der Waals surface area contributed by atoms with Crippen molar-refractivity contribution < 1.29 is 31.9 Å². The summed E-state index contributed by atoms with van der Waals surface area (Å²) in [6.07, 6.45) is 4.22. The second kappa shape index (κ2) is 19.9. The molecule has 1 aliphatic carbocycles. The fourth-order valence-corrected chi connectivity index (χ4v) is 7.37. The minimum atomic E-state index is -3.56. The van der Waals surface area contributed by atoms with Crippen LogP contribution >= 0.6 is 0 Å². The standard InChI is InChI=1S/C36H50O7Si/c1-31(2)35-18-20-36(21-19-35)43-44(40-25-22-37-28-32-12-6-3-7-13-32,41-26-23-38-29-33-14-8-4-9-15-33)42-27-24-39-30-34-16-10-5-11-17-34/h3-17,31,35-36H,18-30H2,1-2H3. The first-order valence-electron chi connectivity index (χ1n) is 16.1. The Hall–Kier alpha value is -2.40. The first-order chi connectivity index (χ1) is 21.6. The number of hydrogen-bond acceptors (Lipinski definition) is 7. The Morgan fingerprint density at radius 3 is 1.23 bits per heavy atom. The van der Waals surface area contributed by atoms with E-state index in [1.165, 1.54) is 0 Å². The maximum Gasteiger partial charge on any atom is 0.680 e. The van der Waals surface area contributed by atoms with Crippen LogP contribution in [0, 0.1) is 11.8 Å². The largest absolute Gasteiger partial charge is 0.680 e. The number of benzene rings is 3. The quantitative estimate of drug-likeness (QED) is 0.0909. The third-order valence-electron chi connectivity index (χ3n) is 7.83. The Morgan fingerprint density at radius 1 is 0.523 bits per heavy atom. The van der Waals surface area contributed by atoms with Gasteiger partial charge in [-0.25, -0.2) is 0 Å². The van der Waals surface area contributed by atoms with Crippen molar-refractivity contribution in [1.29, 1.82) is 0 Å². The first kappa shape index (κ1) is 34.5. The molecule has 0 heterocycles. The van der Waals surface area contributed by atoms with Crippen molar-refractivity contribution in [3.63, 3.8) is 0 Å². The molecule has 0 amide bonds. The van der Waals surface area contributed by atoms with E-state index in [1.807, 2.05) is 91.0 Å². The van der Waals surface area contributed by atoms with Crippen LogP contribution in [0.1, 0.15) is 56.2 Å². The second-order valence-electron chi connectivity index (χ2n) is 11.6. The molecule has 0 saturated heterocycles. The van der Waals surface area contributed by atoms with Crippen molar-refractivity contribution >= 4 is 9.05 Å². The van der Waals surface area contributed by atoms with Crippen LogP contribution in [0.4, 0.5) is 0 Å². The van der Waals surface area contributed by atoms with Crippen molar-refractivity contribution in [1.82, 2.24) is 0 Å². The monoisotopic (exact) mass is 622 g/mol. The van der Waals surface area contributed by atoms with E-state index >= 15 is 0 Å². The molecule has 0 atom stereocenters. The van der Waals surface area contributed by atoms with Gasteiger partial charge in [-0.2, -0.15) is 0 Å². The zero-order chi connectivity index (χ0) is 30.7. The second-order valence-corrected chi connectivity index (χ2v) is 13.7. The molecule has 8 heteroatoms. The molecule has 4 rings (SSSR count). The van der Waals surface area contributed by atoms with Gasteiger partial charge in [0.25, 0.3) is 0 Å². The van der Waals surface area contributed by atoms with Crippen molar-refractivity contribution in [3.8, 4) is 0 Å². The van der Waals surface area contributed by atoms with Gasteiger partial charge in [0.05, 0.1) is 65.6 Å². The van der Waals surface area contributed by atoms with E-state index in [0.717, 1.165) is 48.3 Å². The molecule has 0 N–H and O–H groups in total. The normalized spacial score (nSPS) is 17.2. The van der Waals surface area contributed by atoms with E-state index in [1.54, 1.807) is 0 Å². The molecular weight excluding hydrogens is 572 g/mol. The van der Waals surface area contributed by atoms with E-state index in [0.29, 0.717) is 65.4 Å². The third-order valence-corrected chi connectivity index (χ3v) is 10.1. The van der Waals surface area contributed by atoms with Crippen molar-refractivity contribution in [3.05, 3.63) is 108 Å². The molecule has 0 bridgehead atoms. The van der Waals surface area contributed by atoms with Crippen LogP contribution in [0.25, 0.3) is 0 Å². The van der Waals surface area contributed by atoms with Crippen LogP contribution in [0.5, 0.6) is 0 Å². The van der Waals surface area contributed by atoms with Crippen molar-refractivity contribution in [2.75, 3.05) is 39.6 Å². The van der Waals surface area contributed by atoms with Gasteiger partial charge in [0.15, 0.2) is 0 Å². The van der Waals surface area contributed by atoms with Gasteiger partial charge in [-0.3, -0.25) is 0 Å². The highest BCUT2D eigenvalue weighted by molar-refractivity contribution is 6.53. The molecule has 7 nitrogen and oxygen atoms in total. The molecule has 3 aromatic rings. The smallest absolute Gasteiger partial charge is 0.374 e. The molecule has 1 fully saturated rings. The van der Waals surface area contributed by atoms with Gasteiger partial charge in [0.2, 0.25) is 0 Å². The summed E-state index contributed by atoms with van der Waals surface area (Å²) in [5.74, 6) is 1.39. The van der Waals surface area contributed by atoms with E-state index < -0.39 is 9.05 Å². The maximum absolute atomic E-state index is 6.71. The lowest BCUT2D eigenvalue weighted by Gasteiger charge is -2.36. The van der Waals surface area contributed by atoms with Gasteiger partial charge in [-0.1, -0.05) is 105 Å². The first-order valence-corrected chi connectivity index (χ1v) is 17.7. The number of ether oxygens (including phenoxy) is 3. The predicted molar refractivity (Wildman–Crippen MR) is 174 cm³/mol. The lowest BCUT2D eigenvalue weighted by Crippen LogP contribution is -2.53. The molecular formula is C36H50O7Si. The van der Waals surface area contributed by atoms with E-state index in [4.69, 9.17) is 31.9 Å². The fourth-order valence-electron chi connectivity index (χ4n) is 5.27. The predicted octanol–water partition coefficient (Wildman–Crippen LogP) is 7.35. The summed E-state index contributed by atoms with van der Waals surface area (Å²) in [7, 11) is -3.56. The van der Waals surface area contributed by atoms with Gasteiger partial charge >= 0.3 is 9.05 Å². The van der Waals surface area contributed by atoms with Gasteiger partial charge in [-0.05, 0) is 54.2 Å². The van der Waals surface area contributed by atoms with Gasteiger partial charge < -0.3 is 31.9 Å². The highest BCUT2D eigenvalue weighted by Gasteiger charge is 2.48. The van der Waals surface area contributed by atoms with Crippen LogP contribution in [0.15, 0.2) is 91.0 Å². The summed E-state index contributed by atoms with van der Waals surface area (Å²) < 4.78 is 43.7. The molecule has 0 aliphatic heterocycles. The lowest BCUT2D eigenvalue weighted by molar-refractivity contribution is -0.0869. The van der Waals surface area contributed by atoms with Crippen molar-refractivity contribution in [2.24, 2.45) is 11.8 Å². The highest BCUT2D eigenvalue weighted by atomic mass is 28.4.